The Bertz CT molecular complexity index is 433. The predicted molar refractivity (Wildman–Crippen MR) is 64.8 cm³/mol. The van der Waals surface area contributed by atoms with Gasteiger partial charge in [-0.05, 0) is 46.2 Å². The molecule has 78 valence electrons. The van der Waals surface area contributed by atoms with E-state index in [0.29, 0.717) is 15.6 Å². The van der Waals surface area contributed by atoms with Crippen molar-refractivity contribution in [3.05, 3.63) is 56.2 Å². The minimum absolute atomic E-state index is 0.534. The lowest BCUT2D eigenvalue weighted by Gasteiger charge is -2.10. The van der Waals surface area contributed by atoms with Crippen LogP contribution in [0.2, 0.25) is 10.0 Å². The monoisotopic (exact) mass is 258 g/mol. The molecule has 2 aromatic rings. The molecule has 1 atom stereocenters. The normalized spacial score (nSPS) is 12.7. The van der Waals surface area contributed by atoms with Crippen molar-refractivity contribution < 1.29 is 5.11 Å². The van der Waals surface area contributed by atoms with Crippen molar-refractivity contribution in [1.29, 1.82) is 0 Å². The number of aliphatic hydroxyl groups is 1. The number of rotatable bonds is 2. The van der Waals surface area contributed by atoms with Crippen LogP contribution in [0, 0.1) is 0 Å². The summed E-state index contributed by atoms with van der Waals surface area (Å²) in [6.45, 7) is 0. The summed E-state index contributed by atoms with van der Waals surface area (Å²) in [5.41, 5.74) is 1.57. The SMILES string of the molecule is OC(c1ccsc1)c1cc(Cl)cc(Cl)c1. The van der Waals surface area contributed by atoms with E-state index in [2.05, 4.69) is 0 Å². The van der Waals surface area contributed by atoms with Crippen LogP contribution in [-0.2, 0) is 0 Å². The lowest BCUT2D eigenvalue weighted by molar-refractivity contribution is 0.221. The van der Waals surface area contributed by atoms with E-state index >= 15 is 0 Å². The van der Waals surface area contributed by atoms with Crippen LogP contribution in [0.15, 0.2) is 35.0 Å². The third-order valence-corrected chi connectivity index (χ3v) is 3.20. The fourth-order valence-electron chi connectivity index (χ4n) is 1.36. The molecule has 4 heteroatoms. The molecule has 1 N–H and O–H groups in total. The van der Waals surface area contributed by atoms with E-state index in [-0.39, 0.29) is 0 Å². The van der Waals surface area contributed by atoms with E-state index in [1.165, 1.54) is 0 Å². The molecule has 0 aliphatic heterocycles. The highest BCUT2D eigenvalue weighted by Gasteiger charge is 2.11. The molecular weight excluding hydrogens is 251 g/mol. The van der Waals surface area contributed by atoms with Crippen molar-refractivity contribution in [1.82, 2.24) is 0 Å². The summed E-state index contributed by atoms with van der Waals surface area (Å²) in [6, 6.07) is 6.96. The molecule has 1 aromatic carbocycles. The van der Waals surface area contributed by atoms with Crippen molar-refractivity contribution in [2.75, 3.05) is 0 Å². The fourth-order valence-corrected chi connectivity index (χ4v) is 2.58. The first-order valence-electron chi connectivity index (χ1n) is 4.33. The fraction of sp³-hybridized carbons (Fsp3) is 0.0909. The van der Waals surface area contributed by atoms with E-state index in [0.717, 1.165) is 5.56 Å². The van der Waals surface area contributed by atoms with Gasteiger partial charge in [0.1, 0.15) is 6.10 Å². The maximum absolute atomic E-state index is 10.0. The summed E-state index contributed by atoms with van der Waals surface area (Å²) < 4.78 is 0. The zero-order valence-corrected chi connectivity index (χ0v) is 9.98. The van der Waals surface area contributed by atoms with Crippen molar-refractivity contribution in [3.63, 3.8) is 0 Å². The van der Waals surface area contributed by atoms with Gasteiger partial charge < -0.3 is 5.11 Å². The third-order valence-electron chi connectivity index (χ3n) is 2.06. The van der Waals surface area contributed by atoms with Crippen LogP contribution in [0.1, 0.15) is 17.2 Å². The third kappa shape index (κ3) is 2.52. The molecule has 0 fully saturated rings. The Morgan fingerprint density at radius 2 is 1.73 bits per heavy atom. The number of thiophene rings is 1. The lowest BCUT2D eigenvalue weighted by atomic mass is 10.0. The van der Waals surface area contributed by atoms with Crippen LogP contribution in [0.25, 0.3) is 0 Å². The van der Waals surface area contributed by atoms with Crippen LogP contribution in [0.5, 0.6) is 0 Å². The number of aliphatic hydroxyl groups excluding tert-OH is 1. The van der Waals surface area contributed by atoms with Gasteiger partial charge in [0.2, 0.25) is 0 Å². The van der Waals surface area contributed by atoms with Gasteiger partial charge in [-0.25, -0.2) is 0 Å². The highest BCUT2D eigenvalue weighted by Crippen LogP contribution is 2.28. The van der Waals surface area contributed by atoms with Crippen LogP contribution in [0.3, 0.4) is 0 Å². The molecule has 0 aliphatic carbocycles. The maximum Gasteiger partial charge on any atom is 0.105 e. The molecule has 1 unspecified atom stereocenters. The minimum atomic E-state index is -0.660. The standard InChI is InChI=1S/C11H8Cl2OS/c12-9-3-8(4-10(13)5-9)11(14)7-1-2-15-6-7/h1-6,11,14H. The summed E-state index contributed by atoms with van der Waals surface area (Å²) in [6.07, 6.45) is -0.660. The smallest absolute Gasteiger partial charge is 0.105 e. The van der Waals surface area contributed by atoms with E-state index in [9.17, 15) is 5.11 Å². The second-order valence-corrected chi connectivity index (χ2v) is 4.81. The summed E-state index contributed by atoms with van der Waals surface area (Å²) in [5.74, 6) is 0. The Hall–Kier alpha value is -0.540. The Morgan fingerprint density at radius 3 is 2.27 bits per heavy atom. The van der Waals surface area contributed by atoms with Crippen molar-refractivity contribution in [2.24, 2.45) is 0 Å². The first-order valence-corrected chi connectivity index (χ1v) is 6.03. The summed E-state index contributed by atoms with van der Waals surface area (Å²) in [7, 11) is 0. The Labute approximate surface area is 102 Å². The second-order valence-electron chi connectivity index (χ2n) is 3.16. The highest BCUT2D eigenvalue weighted by molar-refractivity contribution is 7.07. The number of hydrogen-bond donors (Lipinski definition) is 1. The summed E-state index contributed by atoms with van der Waals surface area (Å²) in [4.78, 5) is 0. The van der Waals surface area contributed by atoms with Gasteiger partial charge in [-0.3, -0.25) is 0 Å². The summed E-state index contributed by atoms with van der Waals surface area (Å²) in [5, 5.41) is 14.9. The molecule has 0 spiro atoms. The molecule has 0 radical (unpaired) electrons. The highest BCUT2D eigenvalue weighted by atomic mass is 35.5. The van der Waals surface area contributed by atoms with Gasteiger partial charge in [-0.1, -0.05) is 23.2 Å². The largest absolute Gasteiger partial charge is 0.384 e. The number of benzene rings is 1. The van der Waals surface area contributed by atoms with Gasteiger partial charge in [0.15, 0.2) is 0 Å². The second kappa shape index (κ2) is 4.54. The van der Waals surface area contributed by atoms with Gasteiger partial charge in [0, 0.05) is 10.0 Å². The van der Waals surface area contributed by atoms with Gasteiger partial charge in [-0.2, -0.15) is 11.3 Å². The van der Waals surface area contributed by atoms with Crippen molar-refractivity contribution in [2.45, 2.75) is 6.10 Å². The van der Waals surface area contributed by atoms with E-state index in [1.807, 2.05) is 16.8 Å². The topological polar surface area (TPSA) is 20.2 Å². The predicted octanol–water partition coefficient (Wildman–Crippen LogP) is 4.14. The minimum Gasteiger partial charge on any atom is -0.384 e. The Balaban J connectivity index is 2.37. The van der Waals surface area contributed by atoms with Crippen LogP contribution < -0.4 is 0 Å². The van der Waals surface area contributed by atoms with E-state index in [4.69, 9.17) is 23.2 Å². The van der Waals surface area contributed by atoms with Crippen LogP contribution >= 0.6 is 34.5 Å². The molecule has 15 heavy (non-hydrogen) atoms. The molecule has 1 nitrogen and oxygen atoms in total. The zero-order chi connectivity index (χ0) is 10.8. The van der Waals surface area contributed by atoms with Crippen molar-refractivity contribution in [3.8, 4) is 0 Å². The van der Waals surface area contributed by atoms with Crippen molar-refractivity contribution >= 4 is 34.5 Å². The van der Waals surface area contributed by atoms with E-state index in [1.54, 1.807) is 29.5 Å². The van der Waals surface area contributed by atoms with Gasteiger partial charge in [0.05, 0.1) is 0 Å². The zero-order valence-electron chi connectivity index (χ0n) is 7.65. The first-order chi connectivity index (χ1) is 7.16. The number of halogens is 2. The molecule has 0 bridgehead atoms. The molecule has 0 aliphatic rings. The average molecular weight is 259 g/mol. The average Bonchev–Trinajstić information content (AvgIpc) is 2.67. The Morgan fingerprint density at radius 1 is 1.07 bits per heavy atom. The molecule has 1 heterocycles. The maximum atomic E-state index is 10.0. The van der Waals surface area contributed by atoms with Gasteiger partial charge >= 0.3 is 0 Å². The molecule has 0 saturated carbocycles. The summed E-state index contributed by atoms with van der Waals surface area (Å²) >= 11 is 13.3. The van der Waals surface area contributed by atoms with Gasteiger partial charge in [0.25, 0.3) is 0 Å². The lowest BCUT2D eigenvalue weighted by Crippen LogP contribution is -1.97. The van der Waals surface area contributed by atoms with Crippen LogP contribution in [-0.4, -0.2) is 5.11 Å². The molecular formula is C11H8Cl2OS. The molecule has 0 saturated heterocycles. The Kier molecular flexibility index (Phi) is 3.32. The number of hydrogen-bond acceptors (Lipinski definition) is 2. The molecule has 0 amide bonds. The van der Waals surface area contributed by atoms with Gasteiger partial charge in [-0.15, -0.1) is 0 Å². The quantitative estimate of drug-likeness (QED) is 0.859. The van der Waals surface area contributed by atoms with E-state index < -0.39 is 6.10 Å². The molecule has 1 aromatic heterocycles. The first kappa shape index (κ1) is 11.0. The molecule has 2 rings (SSSR count). The van der Waals surface area contributed by atoms with Crippen LogP contribution in [0.4, 0.5) is 0 Å².